The summed E-state index contributed by atoms with van der Waals surface area (Å²) in [7, 11) is 4.01. The smallest absolute Gasteiger partial charge is 0.0428 e. The third kappa shape index (κ3) is 2.67. The van der Waals surface area contributed by atoms with Crippen LogP contribution in [0, 0.1) is 6.92 Å². The number of nitrogens with one attached hydrogen (secondary N) is 1. The number of benzene rings is 2. The van der Waals surface area contributed by atoms with E-state index in [1.807, 2.05) is 7.05 Å². The normalized spacial score (nSPS) is 10.2. The zero-order chi connectivity index (χ0) is 13.1. The summed E-state index contributed by atoms with van der Waals surface area (Å²) < 4.78 is 1.14. The third-order valence-electron chi connectivity index (χ3n) is 3.06. The largest absolute Gasteiger partial charge is 0.388 e. The van der Waals surface area contributed by atoms with E-state index in [1.165, 1.54) is 11.3 Å². The van der Waals surface area contributed by atoms with E-state index >= 15 is 0 Å². The van der Waals surface area contributed by atoms with Crippen molar-refractivity contribution in [1.29, 1.82) is 0 Å². The maximum Gasteiger partial charge on any atom is 0.0428 e. The summed E-state index contributed by atoms with van der Waals surface area (Å²) in [6.45, 7) is 2.09. The molecule has 0 bridgehead atoms. The van der Waals surface area contributed by atoms with Crippen molar-refractivity contribution >= 4 is 33.0 Å². The van der Waals surface area contributed by atoms with Gasteiger partial charge in [-0.25, -0.2) is 0 Å². The molecule has 18 heavy (non-hydrogen) atoms. The van der Waals surface area contributed by atoms with Crippen LogP contribution in [0.5, 0.6) is 0 Å². The first-order valence-electron chi connectivity index (χ1n) is 5.89. The first kappa shape index (κ1) is 13.0. The number of hydrogen-bond donors (Lipinski definition) is 1. The predicted molar refractivity (Wildman–Crippen MR) is 82.9 cm³/mol. The lowest BCUT2D eigenvalue weighted by molar-refractivity contribution is 1.20. The number of anilines is 3. The van der Waals surface area contributed by atoms with Crippen LogP contribution in [0.4, 0.5) is 17.1 Å². The third-order valence-corrected chi connectivity index (χ3v) is 3.92. The van der Waals surface area contributed by atoms with E-state index in [0.29, 0.717) is 0 Å². The molecule has 0 spiro atoms. The summed E-state index contributed by atoms with van der Waals surface area (Å²) in [4.78, 5) is 2.17. The van der Waals surface area contributed by atoms with Crippen LogP contribution in [0.15, 0.2) is 46.9 Å². The summed E-state index contributed by atoms with van der Waals surface area (Å²) in [5.74, 6) is 0. The van der Waals surface area contributed by atoms with E-state index in [4.69, 9.17) is 0 Å². The molecule has 0 aliphatic carbocycles. The molecule has 0 amide bonds. The number of hydrogen-bond acceptors (Lipinski definition) is 2. The summed E-state index contributed by atoms with van der Waals surface area (Å²) in [6, 6.07) is 14.7. The van der Waals surface area contributed by atoms with Gasteiger partial charge < -0.3 is 10.2 Å². The molecule has 2 aromatic rings. The van der Waals surface area contributed by atoms with Crippen LogP contribution in [0.1, 0.15) is 5.56 Å². The minimum absolute atomic E-state index is 1.12. The van der Waals surface area contributed by atoms with Crippen molar-refractivity contribution < 1.29 is 0 Å². The Balaban J connectivity index is 2.34. The summed E-state index contributed by atoms with van der Waals surface area (Å²) in [6.07, 6.45) is 0. The molecule has 0 fully saturated rings. The highest BCUT2D eigenvalue weighted by atomic mass is 79.9. The molecule has 94 valence electrons. The van der Waals surface area contributed by atoms with Crippen molar-refractivity contribution in [3.63, 3.8) is 0 Å². The first-order chi connectivity index (χ1) is 8.61. The Morgan fingerprint density at radius 2 is 1.78 bits per heavy atom. The molecule has 3 heteroatoms. The van der Waals surface area contributed by atoms with E-state index in [0.717, 1.165) is 15.8 Å². The van der Waals surface area contributed by atoms with Crippen LogP contribution >= 0.6 is 15.9 Å². The monoisotopic (exact) mass is 304 g/mol. The minimum Gasteiger partial charge on any atom is -0.388 e. The van der Waals surface area contributed by atoms with Gasteiger partial charge >= 0.3 is 0 Å². The predicted octanol–water partition coefficient (Wildman–Crippen LogP) is 4.57. The van der Waals surface area contributed by atoms with Crippen molar-refractivity contribution in [2.45, 2.75) is 6.92 Å². The van der Waals surface area contributed by atoms with Gasteiger partial charge in [-0.15, -0.1) is 0 Å². The van der Waals surface area contributed by atoms with Crippen LogP contribution in [0.25, 0.3) is 0 Å². The second kappa shape index (κ2) is 5.44. The van der Waals surface area contributed by atoms with E-state index in [9.17, 15) is 0 Å². The van der Waals surface area contributed by atoms with Crippen molar-refractivity contribution in [2.24, 2.45) is 0 Å². The number of nitrogens with zero attached hydrogens (tertiary/aromatic N) is 1. The zero-order valence-corrected chi connectivity index (χ0v) is 12.5. The Bertz CT molecular complexity index is 552. The van der Waals surface area contributed by atoms with Crippen LogP contribution < -0.4 is 10.2 Å². The minimum atomic E-state index is 1.12. The number of aryl methyl sites for hydroxylation is 1. The van der Waals surface area contributed by atoms with Gasteiger partial charge in [0.2, 0.25) is 0 Å². The van der Waals surface area contributed by atoms with Gasteiger partial charge in [0.1, 0.15) is 0 Å². The molecule has 0 radical (unpaired) electrons. The zero-order valence-electron chi connectivity index (χ0n) is 10.9. The molecule has 0 unspecified atom stereocenters. The fourth-order valence-corrected chi connectivity index (χ4v) is 2.18. The summed E-state index contributed by atoms with van der Waals surface area (Å²) >= 11 is 3.58. The molecule has 0 atom stereocenters. The lowest BCUT2D eigenvalue weighted by Gasteiger charge is -2.21. The second-order valence-corrected chi connectivity index (χ2v) is 5.15. The lowest BCUT2D eigenvalue weighted by atomic mass is 10.2. The molecule has 0 aliphatic rings. The molecular formula is C15H17BrN2. The molecule has 0 saturated carbocycles. The average Bonchev–Trinajstić information content (AvgIpc) is 2.41. The maximum absolute atomic E-state index is 3.58. The van der Waals surface area contributed by atoms with Gasteiger partial charge in [0.15, 0.2) is 0 Å². The number of rotatable bonds is 3. The average molecular weight is 305 g/mol. The lowest BCUT2D eigenvalue weighted by Crippen LogP contribution is -2.09. The standard InChI is InChI=1S/C15H17BrN2/c1-11-7-8-14(10-15(11)16)18(3)13-6-4-5-12(9-13)17-2/h4-10,17H,1-3H3. The van der Waals surface area contributed by atoms with Crippen molar-refractivity contribution in [3.05, 3.63) is 52.5 Å². The molecule has 2 nitrogen and oxygen atoms in total. The van der Waals surface area contributed by atoms with Gasteiger partial charge in [-0.05, 0) is 42.8 Å². The van der Waals surface area contributed by atoms with Crippen LogP contribution in [0.3, 0.4) is 0 Å². The Morgan fingerprint density at radius 1 is 1.06 bits per heavy atom. The van der Waals surface area contributed by atoms with Crippen LogP contribution in [-0.2, 0) is 0 Å². The Morgan fingerprint density at radius 3 is 2.44 bits per heavy atom. The molecule has 2 aromatic carbocycles. The molecule has 1 N–H and O–H groups in total. The fourth-order valence-electron chi connectivity index (χ4n) is 1.81. The van der Waals surface area contributed by atoms with Gasteiger partial charge in [0.25, 0.3) is 0 Å². The van der Waals surface area contributed by atoms with E-state index < -0.39 is 0 Å². The summed E-state index contributed by atoms with van der Waals surface area (Å²) in [5.41, 5.74) is 4.69. The van der Waals surface area contributed by atoms with Gasteiger partial charge in [0.05, 0.1) is 0 Å². The number of halogens is 1. The Kier molecular flexibility index (Phi) is 3.92. The molecule has 2 rings (SSSR count). The molecular weight excluding hydrogens is 288 g/mol. The van der Waals surface area contributed by atoms with Gasteiger partial charge in [0, 0.05) is 35.6 Å². The highest BCUT2D eigenvalue weighted by molar-refractivity contribution is 9.10. The SMILES string of the molecule is CNc1cccc(N(C)c2ccc(C)c(Br)c2)c1. The molecule has 0 aliphatic heterocycles. The quantitative estimate of drug-likeness (QED) is 0.894. The Hall–Kier alpha value is -1.48. The Labute approximate surface area is 117 Å². The van der Waals surface area contributed by atoms with Gasteiger partial charge in [-0.3, -0.25) is 0 Å². The molecule has 0 heterocycles. The van der Waals surface area contributed by atoms with Gasteiger partial charge in [-0.1, -0.05) is 28.1 Å². The van der Waals surface area contributed by atoms with E-state index in [-0.39, 0.29) is 0 Å². The van der Waals surface area contributed by atoms with Crippen molar-refractivity contribution in [3.8, 4) is 0 Å². The second-order valence-electron chi connectivity index (χ2n) is 4.29. The van der Waals surface area contributed by atoms with E-state index in [2.05, 4.69) is 82.6 Å². The fraction of sp³-hybridized carbons (Fsp3) is 0.200. The summed E-state index contributed by atoms with van der Waals surface area (Å²) in [5, 5.41) is 3.16. The van der Waals surface area contributed by atoms with Crippen LogP contribution in [-0.4, -0.2) is 14.1 Å². The highest BCUT2D eigenvalue weighted by Gasteiger charge is 2.06. The van der Waals surface area contributed by atoms with Crippen LogP contribution in [0.2, 0.25) is 0 Å². The highest BCUT2D eigenvalue weighted by Crippen LogP contribution is 2.29. The van der Waals surface area contributed by atoms with Crippen molar-refractivity contribution in [1.82, 2.24) is 0 Å². The maximum atomic E-state index is 3.58. The van der Waals surface area contributed by atoms with E-state index in [1.54, 1.807) is 0 Å². The van der Waals surface area contributed by atoms with Gasteiger partial charge in [-0.2, -0.15) is 0 Å². The first-order valence-corrected chi connectivity index (χ1v) is 6.69. The molecule has 0 saturated heterocycles. The molecule has 0 aromatic heterocycles. The topological polar surface area (TPSA) is 15.3 Å². The van der Waals surface area contributed by atoms with Crippen molar-refractivity contribution in [2.75, 3.05) is 24.3 Å².